The van der Waals surface area contributed by atoms with E-state index in [2.05, 4.69) is 30.6 Å². The second-order valence-corrected chi connectivity index (χ2v) is 4.56. The van der Waals surface area contributed by atoms with Crippen molar-refractivity contribution in [3.63, 3.8) is 0 Å². The zero-order valence-electron chi connectivity index (χ0n) is 11.4. The third-order valence-corrected chi connectivity index (χ3v) is 3.08. The molecule has 1 heterocycles. The Hall–Kier alpha value is -0.900. The second-order valence-electron chi connectivity index (χ2n) is 4.56. The van der Waals surface area contributed by atoms with Gasteiger partial charge in [-0.05, 0) is 18.4 Å². The van der Waals surface area contributed by atoms with Crippen molar-refractivity contribution in [2.45, 2.75) is 19.8 Å². The summed E-state index contributed by atoms with van der Waals surface area (Å²) in [6.07, 6.45) is 7.93. The molecule has 1 fully saturated rings. The van der Waals surface area contributed by atoms with Gasteiger partial charge in [-0.25, -0.2) is 0 Å². The molecule has 1 saturated heterocycles. The number of allylic oxidation sites excluding steroid dienone is 2. The van der Waals surface area contributed by atoms with Crippen LogP contribution in [-0.4, -0.2) is 49.5 Å². The van der Waals surface area contributed by atoms with E-state index in [1.807, 2.05) is 6.08 Å². The van der Waals surface area contributed by atoms with Crippen LogP contribution in [-0.2, 0) is 4.74 Å². The van der Waals surface area contributed by atoms with Crippen LogP contribution in [0.4, 0.5) is 0 Å². The first-order valence-corrected chi connectivity index (χ1v) is 6.71. The van der Waals surface area contributed by atoms with Gasteiger partial charge in [0.05, 0.1) is 13.2 Å². The second kappa shape index (κ2) is 9.09. The van der Waals surface area contributed by atoms with Crippen LogP contribution < -0.4 is 0 Å². The fourth-order valence-electron chi connectivity index (χ4n) is 1.94. The van der Waals surface area contributed by atoms with Gasteiger partial charge in [-0.2, -0.15) is 0 Å². The highest BCUT2D eigenvalue weighted by Gasteiger charge is 2.09. The normalized spacial score (nSPS) is 18.4. The summed E-state index contributed by atoms with van der Waals surface area (Å²) in [4.78, 5) is 2.36. The molecule has 3 heteroatoms. The van der Waals surface area contributed by atoms with E-state index in [4.69, 9.17) is 9.84 Å². The summed E-state index contributed by atoms with van der Waals surface area (Å²) < 4.78 is 5.31. The van der Waals surface area contributed by atoms with Crippen LogP contribution in [0.25, 0.3) is 0 Å². The highest BCUT2D eigenvalue weighted by Crippen LogP contribution is 2.07. The maximum Gasteiger partial charge on any atom is 0.0594 e. The first kappa shape index (κ1) is 15.2. The minimum absolute atomic E-state index is 0.224. The number of rotatable bonds is 7. The molecular weight excluding hydrogens is 226 g/mol. The van der Waals surface area contributed by atoms with Gasteiger partial charge < -0.3 is 9.84 Å². The number of hydrogen-bond donors (Lipinski definition) is 1. The highest BCUT2D eigenvalue weighted by molar-refractivity contribution is 5.23. The van der Waals surface area contributed by atoms with Crippen LogP contribution in [0.5, 0.6) is 0 Å². The Morgan fingerprint density at radius 2 is 2.11 bits per heavy atom. The first-order valence-electron chi connectivity index (χ1n) is 6.71. The minimum atomic E-state index is 0.224. The van der Waals surface area contributed by atoms with E-state index in [0.717, 1.165) is 51.3 Å². The third kappa shape index (κ3) is 6.15. The summed E-state index contributed by atoms with van der Waals surface area (Å²) in [6.45, 7) is 11.0. The predicted octanol–water partition coefficient (Wildman–Crippen LogP) is 2.15. The standard InChI is InChI=1S/C15H25NO2/c1-3-15(7-10-17)6-4-5-14(2)13-16-8-11-18-12-9-16/h4-6,17H,2-3,7-13H2,1H3/b5-4-,15-6+. The fourth-order valence-corrected chi connectivity index (χ4v) is 1.94. The van der Waals surface area contributed by atoms with Crippen molar-refractivity contribution in [1.29, 1.82) is 0 Å². The van der Waals surface area contributed by atoms with E-state index in [1.54, 1.807) is 0 Å². The molecule has 0 spiro atoms. The van der Waals surface area contributed by atoms with Gasteiger partial charge in [0.15, 0.2) is 0 Å². The van der Waals surface area contributed by atoms with Gasteiger partial charge in [0.1, 0.15) is 0 Å². The Labute approximate surface area is 110 Å². The quantitative estimate of drug-likeness (QED) is 0.704. The lowest BCUT2D eigenvalue weighted by molar-refractivity contribution is 0.0426. The molecule has 1 aliphatic heterocycles. The molecule has 0 aliphatic carbocycles. The SMILES string of the molecule is C=C(/C=C\C=C(/CC)CCO)CN1CCOCC1. The lowest BCUT2D eigenvalue weighted by atomic mass is 10.1. The molecule has 0 aromatic heterocycles. The van der Waals surface area contributed by atoms with Crippen molar-refractivity contribution >= 4 is 0 Å². The number of hydrogen-bond acceptors (Lipinski definition) is 3. The summed E-state index contributed by atoms with van der Waals surface area (Å²) >= 11 is 0. The van der Waals surface area contributed by atoms with Crippen molar-refractivity contribution in [3.05, 3.63) is 36.0 Å². The molecule has 1 aliphatic rings. The topological polar surface area (TPSA) is 32.7 Å². The Balaban J connectivity index is 2.33. The minimum Gasteiger partial charge on any atom is -0.396 e. The molecule has 0 radical (unpaired) electrons. The van der Waals surface area contributed by atoms with E-state index in [0.29, 0.717) is 0 Å². The third-order valence-electron chi connectivity index (χ3n) is 3.08. The lowest BCUT2D eigenvalue weighted by Gasteiger charge is -2.26. The molecule has 0 aromatic rings. The number of aliphatic hydroxyl groups is 1. The Bertz CT molecular complexity index is 302. The van der Waals surface area contributed by atoms with Gasteiger partial charge in [-0.1, -0.05) is 37.3 Å². The number of morpholine rings is 1. The molecule has 0 bridgehead atoms. The van der Waals surface area contributed by atoms with Crippen molar-refractivity contribution in [2.75, 3.05) is 39.5 Å². The van der Waals surface area contributed by atoms with Gasteiger partial charge in [0, 0.05) is 26.2 Å². The molecule has 0 saturated carbocycles. The lowest BCUT2D eigenvalue weighted by Crippen LogP contribution is -2.37. The van der Waals surface area contributed by atoms with E-state index in [1.165, 1.54) is 5.57 Å². The van der Waals surface area contributed by atoms with Gasteiger partial charge >= 0.3 is 0 Å². The first-order chi connectivity index (χ1) is 8.76. The largest absolute Gasteiger partial charge is 0.396 e. The van der Waals surface area contributed by atoms with Crippen LogP contribution in [0.3, 0.4) is 0 Å². The highest BCUT2D eigenvalue weighted by atomic mass is 16.5. The summed E-state index contributed by atoms with van der Waals surface area (Å²) in [5.41, 5.74) is 2.39. The zero-order valence-corrected chi connectivity index (χ0v) is 11.4. The maximum atomic E-state index is 8.89. The molecule has 18 heavy (non-hydrogen) atoms. The average molecular weight is 251 g/mol. The van der Waals surface area contributed by atoms with E-state index in [-0.39, 0.29) is 6.61 Å². The summed E-state index contributed by atoms with van der Waals surface area (Å²) in [5, 5.41) is 8.89. The van der Waals surface area contributed by atoms with Crippen molar-refractivity contribution < 1.29 is 9.84 Å². The smallest absolute Gasteiger partial charge is 0.0594 e. The Morgan fingerprint density at radius 1 is 1.39 bits per heavy atom. The van der Waals surface area contributed by atoms with Crippen molar-refractivity contribution in [2.24, 2.45) is 0 Å². The zero-order chi connectivity index (χ0) is 13.2. The molecule has 1 rings (SSSR count). The molecule has 0 aromatic carbocycles. The van der Waals surface area contributed by atoms with Crippen LogP contribution >= 0.6 is 0 Å². The Morgan fingerprint density at radius 3 is 2.72 bits per heavy atom. The van der Waals surface area contributed by atoms with Crippen LogP contribution in [0.2, 0.25) is 0 Å². The van der Waals surface area contributed by atoms with Crippen molar-refractivity contribution in [1.82, 2.24) is 4.90 Å². The fraction of sp³-hybridized carbons (Fsp3) is 0.600. The molecular formula is C15H25NO2. The van der Waals surface area contributed by atoms with Gasteiger partial charge in [-0.15, -0.1) is 0 Å². The molecule has 0 amide bonds. The van der Waals surface area contributed by atoms with Crippen LogP contribution in [0.15, 0.2) is 36.0 Å². The number of ether oxygens (including phenoxy) is 1. The van der Waals surface area contributed by atoms with Gasteiger partial charge in [-0.3, -0.25) is 4.90 Å². The van der Waals surface area contributed by atoms with E-state index >= 15 is 0 Å². The maximum absolute atomic E-state index is 8.89. The predicted molar refractivity (Wildman–Crippen MR) is 75.6 cm³/mol. The van der Waals surface area contributed by atoms with Gasteiger partial charge in [0.25, 0.3) is 0 Å². The summed E-state index contributed by atoms with van der Waals surface area (Å²) in [7, 11) is 0. The van der Waals surface area contributed by atoms with Gasteiger partial charge in [0.2, 0.25) is 0 Å². The van der Waals surface area contributed by atoms with E-state index < -0.39 is 0 Å². The Kier molecular flexibility index (Phi) is 7.65. The van der Waals surface area contributed by atoms with Crippen molar-refractivity contribution in [3.8, 4) is 0 Å². The molecule has 1 N–H and O–H groups in total. The van der Waals surface area contributed by atoms with E-state index in [9.17, 15) is 0 Å². The van der Waals surface area contributed by atoms with Crippen LogP contribution in [0.1, 0.15) is 19.8 Å². The monoisotopic (exact) mass is 251 g/mol. The number of aliphatic hydroxyl groups excluding tert-OH is 1. The molecule has 0 unspecified atom stereocenters. The molecule has 102 valence electrons. The molecule has 3 nitrogen and oxygen atoms in total. The van der Waals surface area contributed by atoms with Crippen LogP contribution in [0, 0.1) is 0 Å². The summed E-state index contributed by atoms with van der Waals surface area (Å²) in [5.74, 6) is 0. The number of nitrogens with zero attached hydrogens (tertiary/aromatic N) is 1. The molecule has 0 atom stereocenters. The summed E-state index contributed by atoms with van der Waals surface area (Å²) in [6, 6.07) is 0. The average Bonchev–Trinajstić information content (AvgIpc) is 2.39.